The first-order valence-electron chi connectivity index (χ1n) is 13.0. The van der Waals surface area contributed by atoms with Crippen molar-refractivity contribution < 1.29 is 14.7 Å². The summed E-state index contributed by atoms with van der Waals surface area (Å²) in [6.45, 7) is 7.46. The van der Waals surface area contributed by atoms with Gasteiger partial charge in [0.1, 0.15) is 10.6 Å². The fourth-order valence-electron chi connectivity index (χ4n) is 5.59. The number of nitrogens with zero attached hydrogens (tertiary/aromatic N) is 2. The molecule has 0 spiro atoms. The molecule has 8 heteroatoms. The molecule has 2 aromatic heterocycles. The molecule has 0 bridgehead atoms. The van der Waals surface area contributed by atoms with E-state index in [0.717, 1.165) is 48.0 Å². The highest BCUT2D eigenvalue weighted by atomic mass is 32.1. The van der Waals surface area contributed by atoms with E-state index in [2.05, 4.69) is 35.1 Å². The maximum atomic E-state index is 12.5. The minimum absolute atomic E-state index is 0.254. The van der Waals surface area contributed by atoms with Gasteiger partial charge in [0.25, 0.3) is 5.91 Å². The van der Waals surface area contributed by atoms with E-state index in [4.69, 9.17) is 0 Å². The van der Waals surface area contributed by atoms with Gasteiger partial charge in [0.15, 0.2) is 0 Å². The maximum Gasteiger partial charge on any atom is 0.346 e. The van der Waals surface area contributed by atoms with E-state index < -0.39 is 5.97 Å². The lowest BCUT2D eigenvalue weighted by Gasteiger charge is -2.36. The molecule has 1 aromatic carbocycles. The first-order chi connectivity index (χ1) is 17.9. The number of carbonyl (C=O) groups excluding carboxylic acids is 1. The van der Waals surface area contributed by atoms with Crippen LogP contribution in [0.15, 0.2) is 46.8 Å². The summed E-state index contributed by atoms with van der Waals surface area (Å²) in [7, 11) is 0. The van der Waals surface area contributed by atoms with Gasteiger partial charge in [-0.1, -0.05) is 38.8 Å². The normalized spacial score (nSPS) is 20.7. The van der Waals surface area contributed by atoms with E-state index in [1.165, 1.54) is 59.5 Å². The van der Waals surface area contributed by atoms with Crippen molar-refractivity contribution in [1.82, 2.24) is 9.88 Å². The summed E-state index contributed by atoms with van der Waals surface area (Å²) in [6, 6.07) is 9.67. The topological polar surface area (TPSA) is 82.5 Å². The van der Waals surface area contributed by atoms with Crippen molar-refractivity contribution in [3.05, 3.63) is 62.9 Å². The summed E-state index contributed by atoms with van der Waals surface area (Å²) >= 11 is 2.70. The van der Waals surface area contributed by atoms with Gasteiger partial charge < -0.3 is 10.4 Å². The summed E-state index contributed by atoms with van der Waals surface area (Å²) < 4.78 is 0. The Hall–Kier alpha value is -2.81. The zero-order valence-electron chi connectivity index (χ0n) is 21.3. The molecule has 0 radical (unpaired) electrons. The number of carboxylic acid groups (broad SMARTS) is 1. The minimum Gasteiger partial charge on any atom is -0.477 e. The van der Waals surface area contributed by atoms with Gasteiger partial charge in [0.2, 0.25) is 0 Å². The lowest BCUT2D eigenvalue weighted by molar-refractivity contribution is 0.0701. The number of thiazole rings is 1. The number of anilines is 1. The van der Waals surface area contributed by atoms with Crippen molar-refractivity contribution >= 4 is 45.8 Å². The Bertz CT molecular complexity index is 1300. The fourth-order valence-corrected chi connectivity index (χ4v) is 7.15. The average Bonchev–Trinajstić information content (AvgIpc) is 3.60. The molecule has 194 valence electrons. The summed E-state index contributed by atoms with van der Waals surface area (Å²) in [5.74, 6) is 0.184. The standard InChI is InChI=1S/C29H33N3O3S2/c1-3-32-12-11-22(24(15-32)19-9-7-18(2)8-10-19)23-14-26(37-27(23)29(34)35)20-5-4-6-21(13-20)31-28(33)25-16-36-17-30-25/h4-6,13-14,16-19H,3,7-12,15H2,1-2H3,(H,31,33)(H,34,35). The molecule has 0 saturated heterocycles. The Balaban J connectivity index is 1.50. The average molecular weight is 536 g/mol. The van der Waals surface area contributed by atoms with E-state index in [0.29, 0.717) is 22.2 Å². The van der Waals surface area contributed by atoms with Gasteiger partial charge in [-0.05, 0) is 72.6 Å². The van der Waals surface area contributed by atoms with Crippen LogP contribution < -0.4 is 5.32 Å². The Kier molecular flexibility index (Phi) is 7.88. The minimum atomic E-state index is -0.874. The second kappa shape index (κ2) is 11.3. The van der Waals surface area contributed by atoms with Crippen LogP contribution in [0.25, 0.3) is 16.0 Å². The molecular formula is C29H33N3O3S2. The summed E-state index contributed by atoms with van der Waals surface area (Å²) in [5, 5.41) is 14.8. The first kappa shape index (κ1) is 25.8. The number of nitrogens with one attached hydrogen (secondary N) is 1. The van der Waals surface area contributed by atoms with Crippen molar-refractivity contribution in [2.45, 2.75) is 46.0 Å². The van der Waals surface area contributed by atoms with Crippen LogP contribution in [0, 0.1) is 11.8 Å². The highest BCUT2D eigenvalue weighted by molar-refractivity contribution is 7.17. The van der Waals surface area contributed by atoms with Crippen molar-refractivity contribution in [1.29, 1.82) is 0 Å². The highest BCUT2D eigenvalue weighted by Gasteiger charge is 2.30. The van der Waals surface area contributed by atoms with Crippen LogP contribution in [0.4, 0.5) is 5.69 Å². The monoisotopic (exact) mass is 535 g/mol. The van der Waals surface area contributed by atoms with Crippen molar-refractivity contribution in [3.63, 3.8) is 0 Å². The molecule has 1 amide bonds. The smallest absolute Gasteiger partial charge is 0.346 e. The number of likely N-dealkylation sites (N-methyl/N-ethyl adjacent to an activating group) is 1. The molecule has 2 N–H and O–H groups in total. The number of aromatic nitrogens is 1. The van der Waals surface area contributed by atoms with Gasteiger partial charge in [0, 0.05) is 34.6 Å². The van der Waals surface area contributed by atoms with Crippen LogP contribution in [0.1, 0.15) is 71.7 Å². The molecule has 0 unspecified atom stereocenters. The zero-order chi connectivity index (χ0) is 25.9. The van der Waals surface area contributed by atoms with E-state index in [1.54, 1.807) is 10.9 Å². The summed E-state index contributed by atoms with van der Waals surface area (Å²) in [4.78, 5) is 32.8. The number of hydrogen-bond donors (Lipinski definition) is 2. The van der Waals surface area contributed by atoms with Crippen molar-refractivity contribution in [2.24, 2.45) is 11.8 Å². The van der Waals surface area contributed by atoms with Crippen LogP contribution in [0.5, 0.6) is 0 Å². The Labute approximate surface area is 226 Å². The number of thiophene rings is 1. The molecule has 5 rings (SSSR count). The van der Waals surface area contributed by atoms with Gasteiger partial charge >= 0.3 is 5.97 Å². The van der Waals surface area contributed by atoms with E-state index in [-0.39, 0.29) is 5.91 Å². The zero-order valence-corrected chi connectivity index (χ0v) is 23.0. The SMILES string of the molecule is CCN1CCC(c2cc(-c3cccc(NC(=O)c4cscn4)c3)sc2C(=O)O)=C(C2CCC(C)CC2)C1. The third-order valence-corrected chi connectivity index (χ3v) is 9.50. The second-order valence-electron chi connectivity index (χ2n) is 10.1. The largest absolute Gasteiger partial charge is 0.477 e. The van der Waals surface area contributed by atoms with Gasteiger partial charge in [-0.3, -0.25) is 9.69 Å². The van der Waals surface area contributed by atoms with E-state index in [1.807, 2.05) is 24.3 Å². The Morgan fingerprint density at radius 2 is 2.00 bits per heavy atom. The molecule has 37 heavy (non-hydrogen) atoms. The molecular weight excluding hydrogens is 502 g/mol. The Morgan fingerprint density at radius 3 is 2.70 bits per heavy atom. The number of carbonyl (C=O) groups is 2. The molecule has 3 aromatic rings. The fraction of sp³-hybridized carbons (Fsp3) is 0.414. The van der Waals surface area contributed by atoms with Crippen LogP contribution in [0.3, 0.4) is 0 Å². The Morgan fingerprint density at radius 1 is 1.19 bits per heavy atom. The predicted molar refractivity (Wildman–Crippen MR) is 152 cm³/mol. The highest BCUT2D eigenvalue weighted by Crippen LogP contribution is 2.43. The number of carboxylic acids is 1. The molecule has 1 aliphatic heterocycles. The number of hydrogen-bond acceptors (Lipinski definition) is 6. The van der Waals surface area contributed by atoms with E-state index in [9.17, 15) is 14.7 Å². The van der Waals surface area contributed by atoms with Crippen molar-refractivity contribution in [3.8, 4) is 10.4 Å². The van der Waals surface area contributed by atoms with Crippen LogP contribution in [-0.2, 0) is 0 Å². The maximum absolute atomic E-state index is 12.5. The summed E-state index contributed by atoms with van der Waals surface area (Å²) in [6.07, 6.45) is 5.76. The first-order valence-corrected chi connectivity index (χ1v) is 14.8. The third-order valence-electron chi connectivity index (χ3n) is 7.74. The predicted octanol–water partition coefficient (Wildman–Crippen LogP) is 7.13. The van der Waals surface area contributed by atoms with Crippen LogP contribution >= 0.6 is 22.7 Å². The van der Waals surface area contributed by atoms with Gasteiger partial charge in [-0.2, -0.15) is 0 Å². The molecule has 1 fully saturated rings. The number of amides is 1. The molecule has 6 nitrogen and oxygen atoms in total. The molecule has 3 heterocycles. The number of benzene rings is 1. The van der Waals surface area contributed by atoms with Gasteiger partial charge in [-0.15, -0.1) is 22.7 Å². The lowest BCUT2D eigenvalue weighted by atomic mass is 9.75. The summed E-state index contributed by atoms with van der Waals surface area (Å²) in [5.41, 5.74) is 7.16. The third kappa shape index (κ3) is 5.71. The molecule has 1 saturated carbocycles. The van der Waals surface area contributed by atoms with Crippen LogP contribution in [0.2, 0.25) is 0 Å². The van der Waals surface area contributed by atoms with Gasteiger partial charge in [-0.25, -0.2) is 9.78 Å². The number of aromatic carboxylic acids is 1. The van der Waals surface area contributed by atoms with Gasteiger partial charge in [0.05, 0.1) is 5.51 Å². The van der Waals surface area contributed by atoms with Crippen LogP contribution in [-0.4, -0.2) is 46.5 Å². The van der Waals surface area contributed by atoms with E-state index >= 15 is 0 Å². The second-order valence-corrected chi connectivity index (χ2v) is 11.9. The molecule has 0 atom stereocenters. The number of rotatable bonds is 7. The molecule has 2 aliphatic rings. The van der Waals surface area contributed by atoms with Crippen molar-refractivity contribution in [2.75, 3.05) is 25.0 Å². The quantitative estimate of drug-likeness (QED) is 0.336. The molecule has 1 aliphatic carbocycles. The lowest BCUT2D eigenvalue weighted by Crippen LogP contribution is -2.34.